The smallest absolute Gasteiger partial charge is 0.374 e. The first-order chi connectivity index (χ1) is 10.1. The number of anilines is 1. The Morgan fingerprint density at radius 1 is 1.38 bits per heavy atom. The molecule has 2 aromatic rings. The molecule has 1 aliphatic heterocycles. The van der Waals surface area contributed by atoms with E-state index in [9.17, 15) is 9.59 Å². The lowest BCUT2D eigenvalue weighted by atomic mass is 9.93. The number of carbonyl (C=O) groups excluding carboxylic acids is 1. The van der Waals surface area contributed by atoms with Gasteiger partial charge in [0.25, 0.3) is 5.91 Å². The molecule has 1 amide bonds. The molecule has 0 spiro atoms. The molecule has 0 saturated heterocycles. The van der Waals surface area contributed by atoms with Gasteiger partial charge in [0, 0.05) is 18.3 Å². The van der Waals surface area contributed by atoms with E-state index in [4.69, 9.17) is 5.11 Å². The Kier molecular flexibility index (Phi) is 3.21. The zero-order valence-electron chi connectivity index (χ0n) is 11.4. The minimum absolute atomic E-state index is 0.0105. The molecule has 1 aromatic heterocycles. The molecule has 0 saturated carbocycles. The van der Waals surface area contributed by atoms with Crippen molar-refractivity contribution in [2.45, 2.75) is 13.3 Å². The lowest BCUT2D eigenvalue weighted by Crippen LogP contribution is -2.39. The fourth-order valence-corrected chi connectivity index (χ4v) is 2.60. The van der Waals surface area contributed by atoms with Gasteiger partial charge in [0.1, 0.15) is 0 Å². The van der Waals surface area contributed by atoms with Crippen molar-refractivity contribution in [3.05, 3.63) is 47.3 Å². The lowest BCUT2D eigenvalue weighted by Gasteiger charge is -2.32. The largest absolute Gasteiger partial charge is 0.475 e. The van der Waals surface area contributed by atoms with Gasteiger partial charge in [0.15, 0.2) is 5.69 Å². The Labute approximate surface area is 121 Å². The predicted molar refractivity (Wildman–Crippen MR) is 74.4 cm³/mol. The second-order valence-corrected chi connectivity index (χ2v) is 5.24. The molecule has 21 heavy (non-hydrogen) atoms. The summed E-state index contributed by atoms with van der Waals surface area (Å²) in [5.74, 6) is -1.59. The van der Waals surface area contributed by atoms with Gasteiger partial charge in [-0.1, -0.05) is 30.3 Å². The molecule has 1 atom stereocenters. The topological polar surface area (TPSA) is 83.6 Å². The van der Waals surface area contributed by atoms with Crippen molar-refractivity contribution in [2.24, 2.45) is 5.92 Å². The van der Waals surface area contributed by atoms with Gasteiger partial charge in [0.2, 0.25) is 5.76 Å². The quantitative estimate of drug-likeness (QED) is 0.915. The Morgan fingerprint density at radius 3 is 2.86 bits per heavy atom. The summed E-state index contributed by atoms with van der Waals surface area (Å²) in [4.78, 5) is 25.0. The summed E-state index contributed by atoms with van der Waals surface area (Å²) in [5, 5.41) is 12.4. The molecule has 6 heteroatoms. The molecule has 0 aliphatic carbocycles. The highest BCUT2D eigenvalue weighted by molar-refractivity contribution is 6.06. The van der Waals surface area contributed by atoms with Gasteiger partial charge in [-0.25, -0.2) is 4.79 Å². The number of nitrogens with zero attached hydrogens (tertiary/aromatic N) is 2. The standard InChI is InChI=1S/C15H14N2O4/c1-9-6-10-4-2-3-5-12(10)17(8-9)14(18)11-7-13(15(19)20)21-16-11/h2-5,7,9H,6,8H2,1H3,(H,19,20). The lowest BCUT2D eigenvalue weighted by molar-refractivity contribution is 0.0651. The molecule has 0 fully saturated rings. The maximum Gasteiger partial charge on any atom is 0.374 e. The molecule has 6 nitrogen and oxygen atoms in total. The third kappa shape index (κ3) is 2.40. The second-order valence-electron chi connectivity index (χ2n) is 5.24. The van der Waals surface area contributed by atoms with Crippen molar-refractivity contribution in [1.82, 2.24) is 5.16 Å². The second kappa shape index (κ2) is 5.05. The fraction of sp³-hybridized carbons (Fsp3) is 0.267. The van der Waals surface area contributed by atoms with Crippen LogP contribution in [-0.4, -0.2) is 28.7 Å². The van der Waals surface area contributed by atoms with E-state index in [0.717, 1.165) is 23.7 Å². The summed E-state index contributed by atoms with van der Waals surface area (Å²) >= 11 is 0. The van der Waals surface area contributed by atoms with E-state index < -0.39 is 5.97 Å². The molecule has 108 valence electrons. The zero-order valence-corrected chi connectivity index (χ0v) is 11.4. The van der Waals surface area contributed by atoms with E-state index in [1.807, 2.05) is 24.3 Å². The summed E-state index contributed by atoms with van der Waals surface area (Å²) in [6.07, 6.45) is 0.916. The number of amides is 1. The maximum absolute atomic E-state index is 12.6. The average Bonchev–Trinajstić information content (AvgIpc) is 2.95. The first kappa shape index (κ1) is 13.4. The van der Waals surface area contributed by atoms with Crippen LogP contribution >= 0.6 is 0 Å². The fourth-order valence-electron chi connectivity index (χ4n) is 2.60. The molecule has 0 radical (unpaired) electrons. The highest BCUT2D eigenvalue weighted by atomic mass is 16.5. The van der Waals surface area contributed by atoms with E-state index in [-0.39, 0.29) is 17.4 Å². The van der Waals surface area contributed by atoms with Crippen molar-refractivity contribution < 1.29 is 19.2 Å². The number of fused-ring (bicyclic) bond motifs is 1. The number of hydrogen-bond donors (Lipinski definition) is 1. The van der Waals surface area contributed by atoms with Crippen molar-refractivity contribution in [3.63, 3.8) is 0 Å². The summed E-state index contributed by atoms with van der Waals surface area (Å²) in [6.45, 7) is 2.65. The Morgan fingerprint density at radius 2 is 2.14 bits per heavy atom. The van der Waals surface area contributed by atoms with E-state index in [0.29, 0.717) is 12.5 Å². The van der Waals surface area contributed by atoms with Crippen LogP contribution in [0.3, 0.4) is 0 Å². The highest BCUT2D eigenvalue weighted by Gasteiger charge is 2.29. The van der Waals surface area contributed by atoms with Gasteiger partial charge >= 0.3 is 5.97 Å². The maximum atomic E-state index is 12.6. The number of para-hydroxylation sites is 1. The number of rotatable bonds is 2. The first-order valence-electron chi connectivity index (χ1n) is 6.66. The summed E-state index contributed by atoms with van der Waals surface area (Å²) in [6, 6.07) is 8.86. The van der Waals surface area contributed by atoms with Crippen LogP contribution in [0.5, 0.6) is 0 Å². The van der Waals surface area contributed by atoms with Gasteiger partial charge in [-0.05, 0) is 24.0 Å². The molecule has 1 aliphatic rings. The number of carboxylic acids is 1. The van der Waals surface area contributed by atoms with E-state index >= 15 is 0 Å². The highest BCUT2D eigenvalue weighted by Crippen LogP contribution is 2.30. The van der Waals surface area contributed by atoms with Gasteiger partial charge in [-0.2, -0.15) is 0 Å². The number of carboxylic acid groups (broad SMARTS) is 1. The molecule has 0 bridgehead atoms. The van der Waals surface area contributed by atoms with E-state index in [1.54, 1.807) is 4.90 Å². The normalized spacial score (nSPS) is 17.4. The molecule has 1 unspecified atom stereocenters. The van der Waals surface area contributed by atoms with Crippen LogP contribution in [0.4, 0.5) is 5.69 Å². The molecular weight excluding hydrogens is 272 g/mol. The summed E-state index contributed by atoms with van der Waals surface area (Å²) in [7, 11) is 0. The van der Waals surface area contributed by atoms with Crippen LogP contribution in [0.25, 0.3) is 0 Å². The zero-order chi connectivity index (χ0) is 15.0. The SMILES string of the molecule is CC1Cc2ccccc2N(C(=O)c2cc(C(=O)O)on2)C1. The van der Waals surface area contributed by atoms with Gasteiger partial charge in [-0.15, -0.1) is 0 Å². The van der Waals surface area contributed by atoms with E-state index in [1.165, 1.54) is 0 Å². The Balaban J connectivity index is 1.95. The summed E-state index contributed by atoms with van der Waals surface area (Å²) < 4.78 is 4.66. The van der Waals surface area contributed by atoms with Crippen LogP contribution in [0, 0.1) is 5.92 Å². The minimum Gasteiger partial charge on any atom is -0.475 e. The third-order valence-electron chi connectivity index (χ3n) is 3.53. The first-order valence-corrected chi connectivity index (χ1v) is 6.66. The van der Waals surface area contributed by atoms with Crippen LogP contribution in [-0.2, 0) is 6.42 Å². The van der Waals surface area contributed by atoms with Crippen LogP contribution in [0.1, 0.15) is 33.5 Å². The third-order valence-corrected chi connectivity index (χ3v) is 3.53. The average molecular weight is 286 g/mol. The van der Waals surface area contributed by atoms with Gasteiger partial charge < -0.3 is 14.5 Å². The molecular formula is C15H14N2O4. The number of carbonyl (C=O) groups is 2. The van der Waals surface area contributed by atoms with Crippen molar-refractivity contribution in [1.29, 1.82) is 0 Å². The number of aromatic carboxylic acids is 1. The van der Waals surface area contributed by atoms with Gasteiger partial charge in [-0.3, -0.25) is 4.79 Å². The predicted octanol–water partition coefficient (Wildman–Crippen LogP) is 2.21. The number of aromatic nitrogens is 1. The number of benzene rings is 1. The van der Waals surface area contributed by atoms with Crippen molar-refractivity contribution >= 4 is 17.6 Å². The van der Waals surface area contributed by atoms with E-state index in [2.05, 4.69) is 16.6 Å². The van der Waals surface area contributed by atoms with Crippen LogP contribution < -0.4 is 4.90 Å². The van der Waals surface area contributed by atoms with Gasteiger partial charge in [0.05, 0.1) is 0 Å². The monoisotopic (exact) mass is 286 g/mol. The molecule has 2 heterocycles. The van der Waals surface area contributed by atoms with Crippen molar-refractivity contribution in [2.75, 3.05) is 11.4 Å². The molecule has 1 N–H and O–H groups in total. The van der Waals surface area contributed by atoms with Crippen LogP contribution in [0.15, 0.2) is 34.9 Å². The summed E-state index contributed by atoms with van der Waals surface area (Å²) in [5.41, 5.74) is 1.96. The Bertz CT molecular complexity index is 707. The molecule has 3 rings (SSSR count). The molecule has 1 aromatic carbocycles. The van der Waals surface area contributed by atoms with Crippen LogP contribution in [0.2, 0.25) is 0 Å². The van der Waals surface area contributed by atoms with Crippen molar-refractivity contribution in [3.8, 4) is 0 Å². The number of hydrogen-bond acceptors (Lipinski definition) is 4. The Hall–Kier alpha value is -2.63. The minimum atomic E-state index is -1.24.